The SMILES string of the molecule is Cc1noc(C)c1CN1CCc2c(C(=O)NC3CCCC3)csc2C1. The monoisotopic (exact) mass is 359 g/mol. The van der Waals surface area contributed by atoms with Crippen LogP contribution in [-0.4, -0.2) is 28.6 Å². The molecule has 5 nitrogen and oxygen atoms in total. The van der Waals surface area contributed by atoms with Crippen molar-refractivity contribution >= 4 is 17.2 Å². The first-order chi connectivity index (χ1) is 12.1. The summed E-state index contributed by atoms with van der Waals surface area (Å²) in [7, 11) is 0. The van der Waals surface area contributed by atoms with E-state index in [4.69, 9.17) is 4.52 Å². The molecule has 6 heteroatoms. The Bertz CT molecular complexity index is 754. The highest BCUT2D eigenvalue weighted by atomic mass is 32.1. The van der Waals surface area contributed by atoms with Crippen molar-refractivity contribution in [2.75, 3.05) is 6.54 Å². The van der Waals surface area contributed by atoms with Crippen LogP contribution in [0.5, 0.6) is 0 Å². The second kappa shape index (κ2) is 6.92. The van der Waals surface area contributed by atoms with Crippen molar-refractivity contribution in [1.82, 2.24) is 15.4 Å². The molecule has 1 amide bonds. The molecule has 25 heavy (non-hydrogen) atoms. The molecule has 0 atom stereocenters. The Morgan fingerprint density at radius 1 is 1.40 bits per heavy atom. The predicted octanol–water partition coefficient (Wildman–Crippen LogP) is 3.58. The first-order valence-electron chi connectivity index (χ1n) is 9.16. The zero-order valence-corrected chi connectivity index (χ0v) is 15.7. The van der Waals surface area contributed by atoms with Crippen LogP contribution in [0.15, 0.2) is 9.90 Å². The minimum Gasteiger partial charge on any atom is -0.361 e. The summed E-state index contributed by atoms with van der Waals surface area (Å²) < 4.78 is 5.28. The summed E-state index contributed by atoms with van der Waals surface area (Å²) in [6.45, 7) is 6.71. The fraction of sp³-hybridized carbons (Fsp3) is 0.579. The molecule has 0 bridgehead atoms. The minimum atomic E-state index is 0.128. The van der Waals surface area contributed by atoms with Gasteiger partial charge < -0.3 is 9.84 Å². The third-order valence-electron chi connectivity index (χ3n) is 5.52. The molecule has 134 valence electrons. The lowest BCUT2D eigenvalue weighted by Gasteiger charge is -2.27. The van der Waals surface area contributed by atoms with Crippen LogP contribution in [0.4, 0.5) is 0 Å². The average molecular weight is 359 g/mol. The van der Waals surface area contributed by atoms with Crippen molar-refractivity contribution in [3.05, 3.63) is 38.4 Å². The van der Waals surface area contributed by atoms with E-state index in [9.17, 15) is 4.79 Å². The van der Waals surface area contributed by atoms with Crippen LogP contribution in [0.25, 0.3) is 0 Å². The zero-order valence-electron chi connectivity index (χ0n) is 14.9. The molecule has 0 spiro atoms. The molecular weight excluding hydrogens is 334 g/mol. The lowest BCUT2D eigenvalue weighted by molar-refractivity contribution is 0.0936. The Morgan fingerprint density at radius 3 is 2.92 bits per heavy atom. The molecule has 1 aliphatic heterocycles. The maximum Gasteiger partial charge on any atom is 0.252 e. The smallest absolute Gasteiger partial charge is 0.252 e. The van der Waals surface area contributed by atoms with Crippen LogP contribution in [0.1, 0.15) is 63.5 Å². The Morgan fingerprint density at radius 2 is 2.20 bits per heavy atom. The Balaban J connectivity index is 1.44. The van der Waals surface area contributed by atoms with Gasteiger partial charge in [-0.25, -0.2) is 0 Å². The van der Waals surface area contributed by atoms with Gasteiger partial charge >= 0.3 is 0 Å². The number of aromatic nitrogens is 1. The Kier molecular flexibility index (Phi) is 4.65. The number of amides is 1. The van der Waals surface area contributed by atoms with Gasteiger partial charge in [-0.05, 0) is 38.7 Å². The van der Waals surface area contributed by atoms with Crippen molar-refractivity contribution in [3.8, 4) is 0 Å². The van der Waals surface area contributed by atoms with Gasteiger partial charge in [-0.1, -0.05) is 18.0 Å². The second-order valence-corrected chi connectivity index (χ2v) is 8.23. The van der Waals surface area contributed by atoms with E-state index in [1.54, 1.807) is 11.3 Å². The van der Waals surface area contributed by atoms with Gasteiger partial charge in [0.25, 0.3) is 5.91 Å². The summed E-state index contributed by atoms with van der Waals surface area (Å²) in [6, 6.07) is 0.377. The highest BCUT2D eigenvalue weighted by Crippen LogP contribution is 2.30. The van der Waals surface area contributed by atoms with Crippen LogP contribution < -0.4 is 5.32 Å². The lowest BCUT2D eigenvalue weighted by Crippen LogP contribution is -2.34. The molecule has 0 saturated heterocycles. The van der Waals surface area contributed by atoms with Gasteiger partial charge in [0.1, 0.15) is 5.76 Å². The fourth-order valence-corrected chi connectivity index (χ4v) is 5.11. The van der Waals surface area contributed by atoms with Gasteiger partial charge in [0.2, 0.25) is 0 Å². The number of fused-ring (bicyclic) bond motifs is 1. The van der Waals surface area contributed by atoms with Gasteiger partial charge in [0, 0.05) is 41.5 Å². The van der Waals surface area contributed by atoms with Crippen LogP contribution in [0.2, 0.25) is 0 Å². The summed E-state index contributed by atoms with van der Waals surface area (Å²) in [5, 5.41) is 9.33. The summed E-state index contributed by atoms with van der Waals surface area (Å²) in [5.74, 6) is 1.04. The molecule has 0 radical (unpaired) electrons. The number of carbonyl (C=O) groups excluding carboxylic acids is 1. The fourth-order valence-electron chi connectivity index (χ4n) is 3.99. The van der Waals surface area contributed by atoms with Gasteiger partial charge in [-0.3, -0.25) is 9.69 Å². The summed E-state index contributed by atoms with van der Waals surface area (Å²) in [6.07, 6.45) is 5.68. The zero-order chi connectivity index (χ0) is 17.4. The Labute approximate surface area is 152 Å². The minimum absolute atomic E-state index is 0.128. The number of carbonyl (C=O) groups is 1. The first-order valence-corrected chi connectivity index (χ1v) is 10.0. The van der Waals surface area contributed by atoms with Crippen LogP contribution in [-0.2, 0) is 19.5 Å². The van der Waals surface area contributed by atoms with E-state index >= 15 is 0 Å². The van der Waals surface area contributed by atoms with Gasteiger partial charge in [0.15, 0.2) is 0 Å². The standard InChI is InChI=1S/C19H25N3O2S/c1-12-16(13(2)24-21-12)9-22-8-7-15-17(11-25-18(15)10-22)19(23)20-14-5-3-4-6-14/h11,14H,3-10H2,1-2H3,(H,20,23). The molecule has 2 aromatic heterocycles. The number of rotatable bonds is 4. The van der Waals surface area contributed by atoms with E-state index < -0.39 is 0 Å². The molecule has 2 aromatic rings. The molecule has 0 aromatic carbocycles. The highest BCUT2D eigenvalue weighted by molar-refractivity contribution is 7.10. The third kappa shape index (κ3) is 3.37. The normalized spacial score (nSPS) is 18.5. The van der Waals surface area contributed by atoms with Crippen LogP contribution >= 0.6 is 11.3 Å². The number of thiophene rings is 1. The molecule has 2 aliphatic rings. The molecule has 0 unspecified atom stereocenters. The molecular formula is C19H25N3O2S. The van der Waals surface area contributed by atoms with Crippen LogP contribution in [0.3, 0.4) is 0 Å². The van der Waals surface area contributed by atoms with E-state index in [2.05, 4.69) is 15.4 Å². The Hall–Kier alpha value is -1.66. The maximum absolute atomic E-state index is 12.6. The summed E-state index contributed by atoms with van der Waals surface area (Å²) in [5.41, 5.74) is 4.34. The van der Waals surface area contributed by atoms with Crippen molar-refractivity contribution in [3.63, 3.8) is 0 Å². The maximum atomic E-state index is 12.6. The van der Waals surface area contributed by atoms with Crippen LogP contribution in [0, 0.1) is 13.8 Å². The van der Waals surface area contributed by atoms with E-state index in [1.165, 1.54) is 28.8 Å². The van der Waals surface area contributed by atoms with Crippen molar-refractivity contribution in [2.45, 2.75) is 65.1 Å². The molecule has 1 aliphatic carbocycles. The highest BCUT2D eigenvalue weighted by Gasteiger charge is 2.26. The number of hydrogen-bond donors (Lipinski definition) is 1. The van der Waals surface area contributed by atoms with Crippen molar-refractivity contribution in [2.24, 2.45) is 0 Å². The second-order valence-electron chi connectivity index (χ2n) is 7.27. The molecule has 1 fully saturated rings. The topological polar surface area (TPSA) is 58.4 Å². The number of hydrogen-bond acceptors (Lipinski definition) is 5. The largest absolute Gasteiger partial charge is 0.361 e. The predicted molar refractivity (Wildman–Crippen MR) is 97.8 cm³/mol. The van der Waals surface area contributed by atoms with E-state index in [-0.39, 0.29) is 5.91 Å². The number of nitrogens with zero attached hydrogens (tertiary/aromatic N) is 2. The average Bonchev–Trinajstić information content (AvgIpc) is 3.31. The quantitative estimate of drug-likeness (QED) is 0.906. The summed E-state index contributed by atoms with van der Waals surface area (Å²) >= 11 is 1.72. The molecule has 3 heterocycles. The van der Waals surface area contributed by atoms with E-state index in [0.29, 0.717) is 6.04 Å². The van der Waals surface area contributed by atoms with Gasteiger partial charge in [-0.15, -0.1) is 11.3 Å². The first kappa shape index (κ1) is 16.8. The summed E-state index contributed by atoms with van der Waals surface area (Å²) in [4.78, 5) is 16.4. The molecule has 1 N–H and O–H groups in total. The lowest BCUT2D eigenvalue weighted by atomic mass is 10.0. The van der Waals surface area contributed by atoms with E-state index in [0.717, 1.165) is 55.9 Å². The molecule has 4 rings (SSSR count). The molecule has 1 saturated carbocycles. The van der Waals surface area contributed by atoms with Crippen molar-refractivity contribution < 1.29 is 9.32 Å². The number of nitrogens with one attached hydrogen (secondary N) is 1. The van der Waals surface area contributed by atoms with Gasteiger partial charge in [0.05, 0.1) is 11.3 Å². The van der Waals surface area contributed by atoms with Gasteiger partial charge in [-0.2, -0.15) is 0 Å². The van der Waals surface area contributed by atoms with Crippen molar-refractivity contribution in [1.29, 1.82) is 0 Å². The van der Waals surface area contributed by atoms with E-state index in [1.807, 2.05) is 19.2 Å². The third-order valence-corrected chi connectivity index (χ3v) is 6.54. The number of aryl methyl sites for hydroxylation is 2.